The number of methoxy groups -OCH3 is 1. The van der Waals surface area contributed by atoms with Gasteiger partial charge in [0.25, 0.3) is 5.91 Å². The molecule has 0 radical (unpaired) electrons. The Morgan fingerprint density at radius 1 is 1.26 bits per heavy atom. The van der Waals surface area contributed by atoms with Gasteiger partial charge in [0, 0.05) is 10.6 Å². The summed E-state index contributed by atoms with van der Waals surface area (Å²) in [6.07, 6.45) is 1.79. The third kappa shape index (κ3) is 4.67. The molecule has 0 spiro atoms. The van der Waals surface area contributed by atoms with Crippen molar-refractivity contribution in [3.05, 3.63) is 86.7 Å². The largest absolute Gasteiger partial charge is 0.495 e. The van der Waals surface area contributed by atoms with Crippen molar-refractivity contribution in [2.24, 2.45) is 4.99 Å². The number of carbonyl (C=O) groups excluding carboxylic acids is 1. The van der Waals surface area contributed by atoms with Gasteiger partial charge in [-0.2, -0.15) is 5.26 Å². The molecule has 0 saturated carbocycles. The predicted molar refractivity (Wildman–Crippen MR) is 128 cm³/mol. The van der Waals surface area contributed by atoms with E-state index >= 15 is 0 Å². The highest BCUT2D eigenvalue weighted by Gasteiger charge is 2.32. The number of hydrogen-bond donors (Lipinski definition) is 0. The van der Waals surface area contributed by atoms with E-state index in [2.05, 4.69) is 11.1 Å². The normalized spacial score (nSPS) is 14.6. The number of aliphatic imine (C=N–C) groups is 1. The van der Waals surface area contributed by atoms with Gasteiger partial charge in [-0.05, 0) is 53.4 Å². The highest BCUT2D eigenvalue weighted by molar-refractivity contribution is 8.13. The van der Waals surface area contributed by atoms with Crippen molar-refractivity contribution in [1.82, 2.24) is 0 Å². The number of hydrogen-bond acceptors (Lipinski definition) is 6. The van der Waals surface area contributed by atoms with Crippen LogP contribution in [0.25, 0.3) is 6.08 Å². The molecule has 31 heavy (non-hydrogen) atoms. The summed E-state index contributed by atoms with van der Waals surface area (Å²) in [6.45, 7) is 0. The summed E-state index contributed by atoms with van der Waals surface area (Å²) in [5.74, 6) is 0.928. The molecule has 1 aromatic heterocycles. The second-order valence-corrected chi connectivity index (χ2v) is 8.83. The Balaban J connectivity index is 1.65. The zero-order chi connectivity index (χ0) is 21.8. The average Bonchev–Trinajstić information content (AvgIpc) is 3.41. The van der Waals surface area contributed by atoms with Crippen LogP contribution in [0.3, 0.4) is 0 Å². The molecule has 2 aromatic carbocycles. The van der Waals surface area contributed by atoms with Crippen LogP contribution in [0.15, 0.2) is 70.7 Å². The summed E-state index contributed by atoms with van der Waals surface area (Å²) in [4.78, 5) is 20.4. The van der Waals surface area contributed by atoms with Crippen molar-refractivity contribution < 1.29 is 9.53 Å². The third-order valence-corrected chi connectivity index (χ3v) is 6.62. The number of thiophene rings is 1. The van der Waals surface area contributed by atoms with Crippen LogP contribution in [-0.2, 0) is 10.5 Å². The van der Waals surface area contributed by atoms with E-state index in [4.69, 9.17) is 21.6 Å². The molecule has 5 nitrogen and oxygen atoms in total. The second kappa shape index (κ2) is 9.40. The summed E-state index contributed by atoms with van der Waals surface area (Å²) in [5.41, 5.74) is 2.63. The van der Waals surface area contributed by atoms with Gasteiger partial charge in [0.05, 0.1) is 29.5 Å². The first-order valence-electron chi connectivity index (χ1n) is 9.23. The molecule has 3 aromatic rings. The van der Waals surface area contributed by atoms with Crippen molar-refractivity contribution in [1.29, 1.82) is 5.26 Å². The number of ether oxygens (including phenoxy) is 1. The van der Waals surface area contributed by atoms with Gasteiger partial charge in [-0.25, -0.2) is 4.99 Å². The van der Waals surface area contributed by atoms with Crippen LogP contribution >= 0.6 is 34.7 Å². The van der Waals surface area contributed by atoms with Gasteiger partial charge >= 0.3 is 0 Å². The summed E-state index contributed by atoms with van der Waals surface area (Å²) in [6, 6.07) is 18.6. The first kappa shape index (κ1) is 21.2. The lowest BCUT2D eigenvalue weighted by Crippen LogP contribution is -2.30. The smallest absolute Gasteiger partial charge is 0.283 e. The van der Waals surface area contributed by atoms with E-state index in [0.29, 0.717) is 38.6 Å². The summed E-state index contributed by atoms with van der Waals surface area (Å²) in [7, 11) is 1.55. The molecule has 0 unspecified atom stereocenters. The monoisotopic (exact) mass is 465 g/mol. The Morgan fingerprint density at radius 3 is 2.71 bits per heavy atom. The minimum atomic E-state index is -0.211. The van der Waals surface area contributed by atoms with Gasteiger partial charge in [0.1, 0.15) is 11.4 Å². The molecule has 0 fully saturated rings. The topological polar surface area (TPSA) is 65.7 Å². The van der Waals surface area contributed by atoms with E-state index in [-0.39, 0.29) is 5.91 Å². The van der Waals surface area contributed by atoms with Crippen LogP contribution in [0, 0.1) is 11.3 Å². The minimum absolute atomic E-state index is 0.211. The first-order valence-corrected chi connectivity index (χ1v) is 11.5. The van der Waals surface area contributed by atoms with Crippen LogP contribution in [0.4, 0.5) is 5.69 Å². The molecule has 8 heteroatoms. The van der Waals surface area contributed by atoms with Gasteiger partial charge in [0.2, 0.25) is 0 Å². The molecular formula is C23H16ClN3O2S2. The molecule has 0 saturated heterocycles. The zero-order valence-electron chi connectivity index (χ0n) is 16.4. The third-order valence-electron chi connectivity index (χ3n) is 4.50. The molecule has 0 atom stereocenters. The van der Waals surface area contributed by atoms with Crippen LogP contribution in [0.5, 0.6) is 5.75 Å². The lowest BCUT2D eigenvalue weighted by atomic mass is 10.2. The minimum Gasteiger partial charge on any atom is -0.495 e. The van der Waals surface area contributed by atoms with E-state index in [1.807, 2.05) is 29.6 Å². The Labute approximate surface area is 193 Å². The maximum absolute atomic E-state index is 13.2. The van der Waals surface area contributed by atoms with Gasteiger partial charge in [-0.15, -0.1) is 11.3 Å². The fourth-order valence-corrected chi connectivity index (χ4v) is 4.82. The molecule has 0 bridgehead atoms. The Morgan fingerprint density at radius 2 is 2.06 bits per heavy atom. The molecule has 2 heterocycles. The maximum Gasteiger partial charge on any atom is 0.283 e. The van der Waals surface area contributed by atoms with Crippen LogP contribution < -0.4 is 9.64 Å². The van der Waals surface area contributed by atoms with Crippen LogP contribution in [0.1, 0.15) is 16.0 Å². The van der Waals surface area contributed by atoms with Crippen molar-refractivity contribution >= 4 is 57.5 Å². The number of nitriles is 1. The lowest BCUT2D eigenvalue weighted by molar-refractivity contribution is -0.113. The standard InChI is InChI=1S/C23H16ClN3O2S2/c1-29-21-9-8-17(11-19(21)24)27-22(28)20(12-18-3-2-10-30-18)26-23(27)31-14-16-6-4-15(13-25)5-7-16/h2-12H,14H2,1H3. The predicted octanol–water partition coefficient (Wildman–Crippen LogP) is 5.96. The highest BCUT2D eigenvalue weighted by atomic mass is 35.5. The number of benzene rings is 2. The molecule has 154 valence electrons. The maximum atomic E-state index is 13.2. The molecule has 1 aliphatic rings. The Bertz CT molecular complexity index is 1210. The number of amidine groups is 1. The van der Waals surface area contributed by atoms with Gasteiger partial charge in [-0.1, -0.05) is 41.6 Å². The van der Waals surface area contributed by atoms with E-state index in [1.165, 1.54) is 11.8 Å². The van der Waals surface area contributed by atoms with Crippen molar-refractivity contribution in [2.45, 2.75) is 5.75 Å². The van der Waals surface area contributed by atoms with Crippen LogP contribution in [0.2, 0.25) is 5.02 Å². The Hall–Kier alpha value is -3.05. The summed E-state index contributed by atoms with van der Waals surface area (Å²) in [5, 5.41) is 11.9. The quantitative estimate of drug-likeness (QED) is 0.436. The van der Waals surface area contributed by atoms with E-state index in [1.54, 1.807) is 59.8 Å². The van der Waals surface area contributed by atoms with Crippen molar-refractivity contribution in [3.8, 4) is 11.8 Å². The van der Waals surface area contributed by atoms with Crippen molar-refractivity contribution in [3.63, 3.8) is 0 Å². The summed E-state index contributed by atoms with van der Waals surface area (Å²) >= 11 is 9.30. The zero-order valence-corrected chi connectivity index (χ0v) is 18.8. The van der Waals surface area contributed by atoms with E-state index < -0.39 is 0 Å². The van der Waals surface area contributed by atoms with Gasteiger partial charge in [0.15, 0.2) is 5.17 Å². The van der Waals surface area contributed by atoms with Gasteiger partial charge < -0.3 is 4.74 Å². The fraction of sp³-hybridized carbons (Fsp3) is 0.0870. The molecule has 0 aliphatic carbocycles. The van der Waals surface area contributed by atoms with E-state index in [0.717, 1.165) is 10.4 Å². The van der Waals surface area contributed by atoms with Crippen LogP contribution in [-0.4, -0.2) is 18.2 Å². The molecule has 4 rings (SSSR count). The van der Waals surface area contributed by atoms with Crippen molar-refractivity contribution in [2.75, 3.05) is 12.0 Å². The number of halogens is 1. The number of rotatable bonds is 5. The number of nitrogens with zero attached hydrogens (tertiary/aromatic N) is 3. The molecule has 1 amide bonds. The summed E-state index contributed by atoms with van der Waals surface area (Å²) < 4.78 is 5.23. The number of thioether (sulfide) groups is 1. The number of amides is 1. The molecule has 1 aliphatic heterocycles. The van der Waals surface area contributed by atoms with Gasteiger partial charge in [-0.3, -0.25) is 9.69 Å². The lowest BCUT2D eigenvalue weighted by Gasteiger charge is -2.18. The first-order chi connectivity index (χ1) is 15.1. The highest BCUT2D eigenvalue weighted by Crippen LogP contribution is 2.35. The number of anilines is 1. The molecular weight excluding hydrogens is 450 g/mol. The average molecular weight is 466 g/mol. The molecule has 0 N–H and O–H groups in total. The fourth-order valence-electron chi connectivity index (χ4n) is 2.95. The van der Waals surface area contributed by atoms with E-state index in [9.17, 15) is 4.79 Å². The SMILES string of the molecule is COc1ccc(N2C(=O)C(=Cc3cccs3)N=C2SCc2ccc(C#N)cc2)cc1Cl. The second-order valence-electron chi connectivity index (χ2n) is 6.50. The Kier molecular flexibility index (Phi) is 6.42. The number of carbonyl (C=O) groups is 1.